The maximum atomic E-state index is 6.70. The number of nitrogens with one attached hydrogen (secondary N) is 2. The number of hydrogen-bond acceptors (Lipinski definition) is 4. The quantitative estimate of drug-likeness (QED) is 0.426. The average molecular weight is 462 g/mol. The van der Waals surface area contributed by atoms with Gasteiger partial charge in [0.1, 0.15) is 0 Å². The van der Waals surface area contributed by atoms with E-state index >= 15 is 0 Å². The first-order valence-electron chi connectivity index (χ1n) is 7.89. The molecule has 0 amide bonds. The minimum Gasteiger partial charge on any atom is -0.383 e. The summed E-state index contributed by atoms with van der Waals surface area (Å²) < 4.78 is 0. The van der Waals surface area contributed by atoms with Crippen molar-refractivity contribution >= 4 is 17.0 Å². The van der Waals surface area contributed by atoms with Gasteiger partial charge in [-0.15, -0.1) is 0 Å². The van der Waals surface area contributed by atoms with E-state index in [1.54, 1.807) is 11.3 Å². The second kappa shape index (κ2) is 10.7. The van der Waals surface area contributed by atoms with Crippen LogP contribution in [-0.4, -0.2) is 20.1 Å². The van der Waals surface area contributed by atoms with Gasteiger partial charge in [-0.1, -0.05) is 12.5 Å². The molecule has 1 aromatic heterocycles. The van der Waals surface area contributed by atoms with Gasteiger partial charge < -0.3 is 30.2 Å². The van der Waals surface area contributed by atoms with Gasteiger partial charge >= 0.3 is 68.9 Å². The predicted octanol–water partition coefficient (Wildman–Crippen LogP) is 1.04. The smallest absolute Gasteiger partial charge is 0.383 e. The molecule has 0 saturated heterocycles. The van der Waals surface area contributed by atoms with E-state index in [0.717, 1.165) is 25.9 Å². The number of hydrogen-bond donors (Lipinski definition) is 3. The van der Waals surface area contributed by atoms with E-state index < -0.39 is 0 Å². The zero-order valence-corrected chi connectivity index (χ0v) is 22.2. The summed E-state index contributed by atoms with van der Waals surface area (Å²) in [5.74, 6) is 0. The molecule has 1 aliphatic rings. The third kappa shape index (κ3) is 5.35. The van der Waals surface area contributed by atoms with Crippen molar-refractivity contribution in [2.24, 2.45) is 5.73 Å². The van der Waals surface area contributed by atoms with Gasteiger partial charge in [-0.25, -0.2) is 0 Å². The number of unbranched alkanes of at least 4 members (excludes halogenated alkanes) is 2. The van der Waals surface area contributed by atoms with Crippen LogP contribution in [0.25, 0.3) is 11.1 Å². The number of fused-ring (bicyclic) bond motifs is 1. The largest absolute Gasteiger partial charge is 1.00 e. The topological polar surface area (TPSA) is 50.1 Å². The molecule has 4 N–H and O–H groups in total. The molecule has 5 heteroatoms. The first-order valence-corrected chi connectivity index (χ1v) is 8.83. The molecule has 24 heavy (non-hydrogen) atoms. The van der Waals surface area contributed by atoms with Crippen molar-refractivity contribution in [3.63, 3.8) is 0 Å². The molecule has 3 rings (SSSR count). The summed E-state index contributed by atoms with van der Waals surface area (Å²) in [5.41, 5.74) is 11.4. The Morgan fingerprint density at radius 1 is 1.33 bits per heavy atom. The van der Waals surface area contributed by atoms with Crippen LogP contribution in [0.3, 0.4) is 0 Å². The molecule has 1 aliphatic heterocycles. The van der Waals surface area contributed by atoms with E-state index in [4.69, 9.17) is 5.73 Å². The Labute approximate surface area is 209 Å². The second-order valence-corrected chi connectivity index (χ2v) is 6.80. The molecule has 0 bridgehead atoms. The van der Waals surface area contributed by atoms with Crippen LogP contribution >= 0.6 is 11.3 Å². The minimum absolute atomic E-state index is 0. The van der Waals surface area contributed by atoms with Crippen LogP contribution in [0.1, 0.15) is 24.8 Å². The fraction of sp³-hybridized carbons (Fsp3) is 0.368. The Balaban J connectivity index is 0.00000144. The molecule has 0 spiro atoms. The summed E-state index contributed by atoms with van der Waals surface area (Å²) in [6, 6.07) is 8.77. The summed E-state index contributed by atoms with van der Waals surface area (Å²) in [7, 11) is 1.99. The molecule has 0 radical (unpaired) electrons. The van der Waals surface area contributed by atoms with E-state index in [0.29, 0.717) is 0 Å². The van der Waals surface area contributed by atoms with Crippen LogP contribution in [0.15, 0.2) is 35.0 Å². The van der Waals surface area contributed by atoms with Crippen molar-refractivity contribution in [2.75, 3.05) is 25.5 Å². The molecule has 0 saturated carbocycles. The van der Waals surface area contributed by atoms with Crippen molar-refractivity contribution in [1.29, 1.82) is 0 Å². The molecule has 1 atom stereocenters. The van der Waals surface area contributed by atoms with Crippen molar-refractivity contribution in [3.8, 4) is 11.1 Å². The Kier molecular flexibility index (Phi) is 10.2. The second-order valence-electron chi connectivity index (χ2n) is 6.02. The average Bonchev–Trinajstić information content (AvgIpc) is 3.16. The van der Waals surface area contributed by atoms with Gasteiger partial charge in [-0.2, -0.15) is 24.2 Å². The normalized spacial score (nSPS) is 18.2. The summed E-state index contributed by atoms with van der Waals surface area (Å²) in [5, 5.41) is 10.9. The Morgan fingerprint density at radius 3 is 2.88 bits per heavy atom. The third-order valence-electron chi connectivity index (χ3n) is 4.35. The first-order chi connectivity index (χ1) is 10.7. The predicted molar refractivity (Wildman–Crippen MR) is 103 cm³/mol. The first kappa shape index (κ1) is 22.7. The maximum absolute atomic E-state index is 6.70. The third-order valence-corrected chi connectivity index (χ3v) is 5.03. The van der Waals surface area contributed by atoms with E-state index in [2.05, 4.69) is 52.1 Å². The molecule has 126 valence electrons. The van der Waals surface area contributed by atoms with Gasteiger partial charge in [-0.3, -0.25) is 0 Å². The molecule has 2 aromatic rings. The van der Waals surface area contributed by atoms with Crippen LogP contribution in [-0.2, 0) is 5.54 Å². The van der Waals surface area contributed by atoms with Crippen LogP contribution < -0.4 is 85.3 Å². The Hall–Kier alpha value is 0.692. The van der Waals surface area contributed by atoms with Crippen molar-refractivity contribution < 1.29 is 68.9 Å². The van der Waals surface area contributed by atoms with Crippen LogP contribution in [0, 0.1) is 13.8 Å². The zero-order chi connectivity index (χ0) is 15.4. The van der Waals surface area contributed by atoms with Crippen LogP contribution in [0.4, 0.5) is 5.69 Å². The fourth-order valence-corrected chi connectivity index (χ4v) is 3.70. The van der Waals surface area contributed by atoms with Crippen LogP contribution in [0.5, 0.6) is 0 Å². The zero-order valence-electron chi connectivity index (χ0n) is 15.1. The van der Waals surface area contributed by atoms with Gasteiger partial charge in [0, 0.05) is 17.8 Å². The van der Waals surface area contributed by atoms with Crippen molar-refractivity contribution in [1.82, 2.24) is 5.32 Å². The standard InChI is InChI=1S/C18H24N3S.CH3.Cs/c1-20-9-4-2-3-8-18(19)13-21-17-6-5-14(11-16(17)18)15-7-10-22-12-15;;/h3,5-7,10-12,20-21H,2,4,8-9,13,19H2,1H3;1H3;/q2*-1;+1. The van der Waals surface area contributed by atoms with Crippen molar-refractivity contribution in [2.45, 2.75) is 24.8 Å². The number of anilines is 1. The molecular weight excluding hydrogens is 435 g/mol. The van der Waals surface area contributed by atoms with Crippen LogP contribution in [0.2, 0.25) is 0 Å². The summed E-state index contributed by atoms with van der Waals surface area (Å²) in [4.78, 5) is 0. The van der Waals surface area contributed by atoms with E-state index in [9.17, 15) is 0 Å². The Bertz CT molecular complexity index is 615. The molecule has 0 fully saturated rings. The molecule has 1 unspecified atom stereocenters. The molecule has 1 aromatic carbocycles. The van der Waals surface area contributed by atoms with Gasteiger partial charge in [0.05, 0.1) is 0 Å². The van der Waals surface area contributed by atoms with E-state index in [1.807, 2.05) is 7.05 Å². The summed E-state index contributed by atoms with van der Waals surface area (Å²) in [6.07, 6.45) is 5.54. The van der Waals surface area contributed by atoms with Gasteiger partial charge in [-0.05, 0) is 59.2 Å². The number of benzene rings is 1. The van der Waals surface area contributed by atoms with Crippen molar-refractivity contribution in [3.05, 3.63) is 54.4 Å². The monoisotopic (exact) mass is 462 g/mol. The Morgan fingerprint density at radius 2 is 2.17 bits per heavy atom. The number of rotatable bonds is 7. The van der Waals surface area contributed by atoms with Gasteiger partial charge in [0.15, 0.2) is 0 Å². The van der Waals surface area contributed by atoms with E-state index in [-0.39, 0.29) is 81.9 Å². The number of nitrogens with two attached hydrogens (primary N) is 1. The molecule has 3 nitrogen and oxygen atoms in total. The fourth-order valence-electron chi connectivity index (χ4n) is 3.03. The minimum atomic E-state index is -0.277. The summed E-state index contributed by atoms with van der Waals surface area (Å²) in [6.45, 7) is 1.88. The summed E-state index contributed by atoms with van der Waals surface area (Å²) >= 11 is 1.73. The molecule has 2 heterocycles. The maximum Gasteiger partial charge on any atom is 1.00 e. The SMILES string of the molecule is CNCCC[CH-]CC1(N)CNc2ccc(-c3ccsc3)cc21.[CH3-].[Cs+]. The molecule has 0 aliphatic carbocycles. The van der Waals surface area contributed by atoms with Gasteiger partial charge in [0.2, 0.25) is 0 Å². The van der Waals surface area contributed by atoms with E-state index in [1.165, 1.54) is 28.8 Å². The number of thiophene rings is 1. The van der Waals surface area contributed by atoms with Gasteiger partial charge in [0.25, 0.3) is 0 Å². The molecular formula is C19H27CsN3S-.